The van der Waals surface area contributed by atoms with E-state index in [0.29, 0.717) is 9.20 Å². The number of rotatable bonds is 7. The average molecular weight is 435 g/mol. The summed E-state index contributed by atoms with van der Waals surface area (Å²) in [5.41, 5.74) is -0.801. The summed E-state index contributed by atoms with van der Waals surface area (Å²) in [7, 11) is 0. The molecule has 0 bridgehead atoms. The number of Topliss-reactive ketones (excluding diaryl/α,β-unsaturated/α-hetero) is 1. The van der Waals surface area contributed by atoms with E-state index in [4.69, 9.17) is 0 Å². The molecule has 0 aliphatic rings. The van der Waals surface area contributed by atoms with Gasteiger partial charge in [0.15, 0.2) is 5.78 Å². The molecule has 1 amide bonds. The summed E-state index contributed by atoms with van der Waals surface area (Å²) in [6, 6.07) is 4.01. The maximum atomic E-state index is 13.0. The van der Waals surface area contributed by atoms with Gasteiger partial charge >= 0.3 is 0 Å². The van der Waals surface area contributed by atoms with Crippen molar-refractivity contribution in [1.82, 2.24) is 9.88 Å². The van der Waals surface area contributed by atoms with E-state index < -0.39 is 5.41 Å². The van der Waals surface area contributed by atoms with E-state index in [-0.39, 0.29) is 29.8 Å². The number of hydrogen-bond acceptors (Lipinski definition) is 5. The van der Waals surface area contributed by atoms with Crippen molar-refractivity contribution < 1.29 is 9.59 Å². The SMILES string of the molecule is CCCC(C)NC(=O)Cn1c(=CC(=O)C(C)(C)C)sc(=Cc2ccc(C)s2)c1=O. The van der Waals surface area contributed by atoms with Crippen LogP contribution in [-0.2, 0) is 16.1 Å². The Morgan fingerprint density at radius 1 is 1.24 bits per heavy atom. The number of ketones is 1. The van der Waals surface area contributed by atoms with Gasteiger partial charge in [0, 0.05) is 27.3 Å². The summed E-state index contributed by atoms with van der Waals surface area (Å²) < 4.78 is 2.44. The highest BCUT2D eigenvalue weighted by molar-refractivity contribution is 7.13. The number of thiophene rings is 1. The van der Waals surface area contributed by atoms with Crippen LogP contribution in [0.25, 0.3) is 12.2 Å². The van der Waals surface area contributed by atoms with Gasteiger partial charge in [0.1, 0.15) is 11.2 Å². The van der Waals surface area contributed by atoms with Crippen molar-refractivity contribution >= 4 is 46.5 Å². The number of nitrogens with one attached hydrogen (secondary N) is 1. The topological polar surface area (TPSA) is 68.2 Å². The van der Waals surface area contributed by atoms with Crippen LogP contribution in [-0.4, -0.2) is 22.3 Å². The number of nitrogens with zero attached hydrogens (tertiary/aromatic N) is 1. The van der Waals surface area contributed by atoms with Crippen LogP contribution in [0.4, 0.5) is 0 Å². The maximum Gasteiger partial charge on any atom is 0.269 e. The Kier molecular flexibility index (Phi) is 7.77. The van der Waals surface area contributed by atoms with Crippen molar-refractivity contribution in [3.05, 3.63) is 41.4 Å². The largest absolute Gasteiger partial charge is 0.352 e. The minimum absolute atomic E-state index is 0.0469. The zero-order valence-electron chi connectivity index (χ0n) is 18.0. The molecule has 1 unspecified atom stereocenters. The number of aryl methyl sites for hydroxylation is 1. The van der Waals surface area contributed by atoms with Gasteiger partial charge in [-0.3, -0.25) is 19.0 Å². The molecule has 0 saturated heterocycles. The number of aromatic nitrogens is 1. The minimum atomic E-state index is -0.558. The van der Waals surface area contributed by atoms with Gasteiger partial charge in [-0.1, -0.05) is 34.1 Å². The van der Waals surface area contributed by atoms with Gasteiger partial charge in [-0.25, -0.2) is 0 Å². The highest BCUT2D eigenvalue weighted by Crippen LogP contribution is 2.16. The lowest BCUT2D eigenvalue weighted by molar-refractivity contribution is -0.122. The number of carbonyl (C=O) groups excluding carboxylic acids is 2. The molecular formula is C22H30N2O3S2. The summed E-state index contributed by atoms with van der Waals surface area (Å²) in [6.45, 7) is 11.4. The number of thiazole rings is 1. The molecule has 1 N–H and O–H groups in total. The Labute approximate surface area is 179 Å². The molecule has 2 rings (SSSR count). The van der Waals surface area contributed by atoms with Gasteiger partial charge in [-0.05, 0) is 38.5 Å². The monoisotopic (exact) mass is 434 g/mol. The van der Waals surface area contributed by atoms with E-state index in [2.05, 4.69) is 12.2 Å². The zero-order chi connectivity index (χ0) is 21.8. The summed E-state index contributed by atoms with van der Waals surface area (Å²) >= 11 is 2.85. The van der Waals surface area contributed by atoms with Gasteiger partial charge in [0.05, 0.1) is 4.53 Å². The third-order valence-electron chi connectivity index (χ3n) is 4.40. The lowest BCUT2D eigenvalue weighted by Gasteiger charge is -2.14. The van der Waals surface area contributed by atoms with E-state index in [1.54, 1.807) is 11.3 Å². The molecule has 0 fully saturated rings. The van der Waals surface area contributed by atoms with E-state index >= 15 is 0 Å². The standard InChI is InChI=1S/C22H30N2O3S2/c1-7-8-14(2)23-19(26)13-24-20(12-18(25)22(4,5)6)29-17(21(24)27)11-16-10-9-15(3)28-16/h9-12,14H,7-8,13H2,1-6H3,(H,23,26). The molecule has 0 saturated carbocycles. The first-order valence-corrected chi connectivity index (χ1v) is 11.5. The molecule has 0 aromatic carbocycles. The molecule has 0 spiro atoms. The molecule has 2 aromatic heterocycles. The van der Waals surface area contributed by atoms with Crippen molar-refractivity contribution in [1.29, 1.82) is 0 Å². The van der Waals surface area contributed by atoms with E-state index in [1.807, 2.05) is 52.8 Å². The molecule has 158 valence electrons. The Morgan fingerprint density at radius 2 is 1.93 bits per heavy atom. The maximum absolute atomic E-state index is 13.0. The summed E-state index contributed by atoms with van der Waals surface area (Å²) in [6.07, 6.45) is 5.17. The molecular weight excluding hydrogens is 404 g/mol. The molecule has 0 aliphatic carbocycles. The number of amides is 1. The quantitative estimate of drug-likeness (QED) is 0.729. The lowest BCUT2D eigenvalue weighted by atomic mass is 9.91. The Hall–Kier alpha value is -1.99. The Balaban J connectivity index is 2.51. The van der Waals surface area contributed by atoms with E-state index in [9.17, 15) is 14.4 Å². The second-order valence-electron chi connectivity index (χ2n) is 8.30. The summed E-state index contributed by atoms with van der Waals surface area (Å²) in [5.74, 6) is -0.298. The van der Waals surface area contributed by atoms with Crippen LogP contribution in [0.3, 0.4) is 0 Å². The highest BCUT2D eigenvalue weighted by Gasteiger charge is 2.20. The molecule has 0 radical (unpaired) electrons. The molecule has 29 heavy (non-hydrogen) atoms. The molecule has 1 atom stereocenters. The van der Waals surface area contributed by atoms with Crippen molar-refractivity contribution in [3.8, 4) is 0 Å². The van der Waals surface area contributed by atoms with Crippen LogP contribution in [0.1, 0.15) is 57.2 Å². The summed E-state index contributed by atoms with van der Waals surface area (Å²) in [5, 5.41) is 2.93. The second kappa shape index (κ2) is 9.67. The van der Waals surface area contributed by atoms with Crippen LogP contribution in [0.5, 0.6) is 0 Å². The first kappa shape index (κ1) is 23.3. The van der Waals surface area contributed by atoms with Crippen LogP contribution in [0.15, 0.2) is 16.9 Å². The fourth-order valence-corrected chi connectivity index (χ4v) is 4.68. The predicted molar refractivity (Wildman–Crippen MR) is 122 cm³/mol. The Bertz CT molecular complexity index is 1050. The van der Waals surface area contributed by atoms with E-state index in [0.717, 1.165) is 22.6 Å². The molecule has 0 aliphatic heterocycles. The first-order valence-electron chi connectivity index (χ1n) is 9.84. The smallest absolute Gasteiger partial charge is 0.269 e. The normalized spacial score (nSPS) is 14.3. The summed E-state index contributed by atoms with van der Waals surface area (Å²) in [4.78, 5) is 40.2. The van der Waals surface area contributed by atoms with Gasteiger partial charge in [0.25, 0.3) is 5.56 Å². The fourth-order valence-electron chi connectivity index (χ4n) is 2.75. The van der Waals surface area contributed by atoms with Crippen molar-refractivity contribution in [2.24, 2.45) is 5.41 Å². The van der Waals surface area contributed by atoms with Crippen LogP contribution in [0, 0.1) is 12.3 Å². The van der Waals surface area contributed by atoms with Gasteiger partial charge in [-0.15, -0.1) is 22.7 Å². The molecule has 7 heteroatoms. The van der Waals surface area contributed by atoms with Gasteiger partial charge in [-0.2, -0.15) is 0 Å². The number of hydrogen-bond donors (Lipinski definition) is 1. The number of carbonyl (C=O) groups is 2. The molecule has 2 aromatic rings. The van der Waals surface area contributed by atoms with Crippen molar-refractivity contribution in [3.63, 3.8) is 0 Å². The third kappa shape index (κ3) is 6.51. The minimum Gasteiger partial charge on any atom is -0.352 e. The van der Waals surface area contributed by atoms with Crippen LogP contribution in [0.2, 0.25) is 0 Å². The second-order valence-corrected chi connectivity index (χ2v) is 10.7. The van der Waals surface area contributed by atoms with Crippen LogP contribution < -0.4 is 20.1 Å². The van der Waals surface area contributed by atoms with Crippen molar-refractivity contribution in [2.75, 3.05) is 0 Å². The average Bonchev–Trinajstić information content (AvgIpc) is 3.13. The highest BCUT2D eigenvalue weighted by atomic mass is 32.1. The molecule has 5 nitrogen and oxygen atoms in total. The van der Waals surface area contributed by atoms with Gasteiger partial charge in [0.2, 0.25) is 5.91 Å². The third-order valence-corrected chi connectivity index (χ3v) is 6.40. The molecule has 2 heterocycles. The van der Waals surface area contributed by atoms with Gasteiger partial charge < -0.3 is 5.32 Å². The lowest BCUT2D eigenvalue weighted by Crippen LogP contribution is -2.41. The Morgan fingerprint density at radius 3 is 2.48 bits per heavy atom. The first-order chi connectivity index (χ1) is 13.5. The fraction of sp³-hybridized carbons (Fsp3) is 0.500. The van der Waals surface area contributed by atoms with Crippen LogP contribution >= 0.6 is 22.7 Å². The zero-order valence-corrected chi connectivity index (χ0v) is 19.6. The van der Waals surface area contributed by atoms with Crippen molar-refractivity contribution in [2.45, 2.75) is 67.0 Å². The van der Waals surface area contributed by atoms with E-state index in [1.165, 1.54) is 22.0 Å². The predicted octanol–water partition coefficient (Wildman–Crippen LogP) is 2.81.